The molecule has 0 saturated heterocycles. The third kappa shape index (κ3) is 6.62. The molecule has 0 aromatic carbocycles. The molecule has 6 heteroatoms. The van der Waals surface area contributed by atoms with Crippen molar-refractivity contribution in [3.8, 4) is 0 Å². The summed E-state index contributed by atoms with van der Waals surface area (Å²) in [7, 11) is 0. The van der Waals surface area contributed by atoms with Crippen molar-refractivity contribution in [3.63, 3.8) is 0 Å². The first-order valence-corrected chi connectivity index (χ1v) is 6.12. The van der Waals surface area contributed by atoms with Gasteiger partial charge < -0.3 is 0 Å². The zero-order valence-corrected chi connectivity index (χ0v) is 11.9. The van der Waals surface area contributed by atoms with E-state index in [1.54, 1.807) is 6.92 Å². The molecule has 0 saturated carbocycles. The summed E-state index contributed by atoms with van der Waals surface area (Å²) >= 11 is 1.13. The van der Waals surface area contributed by atoms with Gasteiger partial charge in [0, 0.05) is 0 Å². The van der Waals surface area contributed by atoms with Gasteiger partial charge in [0.15, 0.2) is 0 Å². The summed E-state index contributed by atoms with van der Waals surface area (Å²) < 4.78 is 12.3. The summed E-state index contributed by atoms with van der Waals surface area (Å²) in [6.45, 7) is 3.17. The maximum absolute atomic E-state index is 13.1. The van der Waals surface area contributed by atoms with Crippen molar-refractivity contribution in [3.05, 3.63) is 11.9 Å². The Labute approximate surface area is 103 Å². The van der Waals surface area contributed by atoms with Crippen molar-refractivity contribution in [1.29, 1.82) is 5.41 Å². The molecule has 92 valence electrons. The summed E-state index contributed by atoms with van der Waals surface area (Å²) in [5.74, 6) is -1.01. The van der Waals surface area contributed by atoms with Gasteiger partial charge in [-0.3, -0.25) is 0 Å². The number of amidine groups is 1. The van der Waals surface area contributed by atoms with Gasteiger partial charge in [-0.2, -0.15) is 0 Å². The number of rotatable bonds is 6. The number of nitrogens with one attached hydrogen (secondary N) is 2. The van der Waals surface area contributed by atoms with E-state index in [-0.39, 0.29) is 18.2 Å². The Bertz CT molecular complexity index is 303. The maximum atomic E-state index is 13.1. The minimum atomic E-state index is -0.852. The Morgan fingerprint density at radius 3 is 2.69 bits per heavy atom. The van der Waals surface area contributed by atoms with Gasteiger partial charge in [0.2, 0.25) is 0 Å². The predicted octanol–water partition coefficient (Wildman–Crippen LogP) is 1.10. The van der Waals surface area contributed by atoms with Crippen molar-refractivity contribution in [1.82, 2.24) is 5.32 Å². The number of hydrogen-bond acceptors (Lipinski definition) is 2. The summed E-state index contributed by atoms with van der Waals surface area (Å²) in [5.41, 5.74) is 0. The first-order valence-electron chi connectivity index (χ1n) is 4.91. The zero-order chi connectivity index (χ0) is 12.8. The quantitative estimate of drug-likeness (QED) is 0.390. The van der Waals surface area contributed by atoms with Gasteiger partial charge >= 0.3 is 103 Å². The Morgan fingerprint density at radius 1 is 1.69 bits per heavy atom. The van der Waals surface area contributed by atoms with Gasteiger partial charge in [0.1, 0.15) is 0 Å². The molecule has 16 heavy (non-hydrogen) atoms. The molecule has 0 spiro atoms. The number of aliphatic carboxylic acids is 1. The zero-order valence-electron chi connectivity index (χ0n) is 9.51. The first kappa shape index (κ1) is 15.2. The van der Waals surface area contributed by atoms with Crippen LogP contribution in [0.15, 0.2) is 11.9 Å². The summed E-state index contributed by atoms with van der Waals surface area (Å²) in [6, 6.07) is 0. The van der Waals surface area contributed by atoms with Crippen molar-refractivity contribution < 1.29 is 14.3 Å². The van der Waals surface area contributed by atoms with Crippen molar-refractivity contribution in [2.24, 2.45) is 0 Å². The molecule has 2 atom stereocenters. The Balaban J connectivity index is 4.00. The van der Waals surface area contributed by atoms with Gasteiger partial charge in [-0.25, -0.2) is 0 Å². The van der Waals surface area contributed by atoms with Gasteiger partial charge in [-0.1, -0.05) is 0 Å². The standard InChI is InChI=1S/C10H18AsFN2O2/c1-7(13)14-6-8(12)4-3-5-10(2,11)9(15)16/h4H,3,5-6,11H2,1-2H3,(H2,13,14)(H,15,16)/b8-4+/t10-/m0/s1. The van der Waals surface area contributed by atoms with Crippen LogP contribution in [0.3, 0.4) is 0 Å². The predicted molar refractivity (Wildman–Crippen MR) is 64.4 cm³/mol. The van der Waals surface area contributed by atoms with Crippen LogP contribution in [-0.4, -0.2) is 40.3 Å². The van der Waals surface area contributed by atoms with Crippen LogP contribution in [0, 0.1) is 5.41 Å². The SMILES string of the molecule is CC(=N)NC/C(F)=C\CC[C@](C)([AsH2])C(=O)O. The average molecular weight is 292 g/mol. The fourth-order valence-electron chi connectivity index (χ4n) is 0.925. The molecule has 0 aromatic heterocycles. The van der Waals surface area contributed by atoms with Crippen LogP contribution in [0.1, 0.15) is 26.7 Å². The van der Waals surface area contributed by atoms with E-state index in [2.05, 4.69) is 5.32 Å². The van der Waals surface area contributed by atoms with E-state index in [0.717, 1.165) is 16.9 Å². The van der Waals surface area contributed by atoms with Gasteiger partial charge in [0.05, 0.1) is 0 Å². The van der Waals surface area contributed by atoms with E-state index in [0.29, 0.717) is 12.8 Å². The molecule has 0 bridgehead atoms. The van der Waals surface area contributed by atoms with Crippen LogP contribution in [0.25, 0.3) is 0 Å². The van der Waals surface area contributed by atoms with Crippen LogP contribution in [-0.2, 0) is 4.79 Å². The van der Waals surface area contributed by atoms with Gasteiger partial charge in [0.25, 0.3) is 0 Å². The van der Waals surface area contributed by atoms with Gasteiger partial charge in [-0.05, 0) is 0 Å². The normalized spacial score (nSPS) is 15.4. The number of carboxylic acid groups (broad SMARTS) is 1. The molecule has 0 radical (unpaired) electrons. The van der Waals surface area contributed by atoms with E-state index in [4.69, 9.17) is 10.5 Å². The molecule has 0 aliphatic rings. The Hall–Kier alpha value is -0.832. The van der Waals surface area contributed by atoms with Gasteiger partial charge in [-0.15, -0.1) is 0 Å². The second kappa shape index (κ2) is 6.69. The molecule has 1 unspecified atom stereocenters. The minimum absolute atomic E-state index is 0.00598. The van der Waals surface area contributed by atoms with Crippen LogP contribution in [0.2, 0.25) is 4.20 Å². The summed E-state index contributed by atoms with van der Waals surface area (Å²) in [6.07, 6.45) is 2.18. The number of carboxylic acids is 1. The van der Waals surface area contributed by atoms with Crippen molar-refractivity contribution in [2.45, 2.75) is 30.9 Å². The van der Waals surface area contributed by atoms with Crippen LogP contribution in [0.4, 0.5) is 4.39 Å². The molecular weight excluding hydrogens is 274 g/mol. The molecule has 0 rings (SSSR count). The van der Waals surface area contributed by atoms with E-state index in [1.165, 1.54) is 13.0 Å². The van der Waals surface area contributed by atoms with E-state index in [1.807, 2.05) is 0 Å². The number of carbonyl (C=O) groups is 1. The van der Waals surface area contributed by atoms with Crippen molar-refractivity contribution in [2.75, 3.05) is 6.54 Å². The number of allylic oxidation sites excluding steroid dienone is 1. The molecule has 3 N–H and O–H groups in total. The molecular formula is C10H18AsFN2O2. The molecule has 4 nitrogen and oxygen atoms in total. The average Bonchev–Trinajstić information content (AvgIpc) is 2.14. The van der Waals surface area contributed by atoms with Crippen LogP contribution in [0.5, 0.6) is 0 Å². The van der Waals surface area contributed by atoms with Crippen LogP contribution < -0.4 is 5.32 Å². The molecule has 0 fully saturated rings. The molecule has 0 aliphatic carbocycles. The Kier molecular flexibility index (Phi) is 6.34. The number of hydrogen-bond donors (Lipinski definition) is 3. The fraction of sp³-hybridized carbons (Fsp3) is 0.600. The number of halogens is 1. The van der Waals surface area contributed by atoms with E-state index >= 15 is 0 Å². The first-order chi connectivity index (χ1) is 7.25. The summed E-state index contributed by atoms with van der Waals surface area (Å²) in [5, 5.41) is 18.4. The molecule has 0 aromatic rings. The molecule has 0 aliphatic heterocycles. The third-order valence-electron chi connectivity index (χ3n) is 2.04. The topological polar surface area (TPSA) is 73.2 Å². The third-order valence-corrected chi connectivity index (χ3v) is 3.16. The monoisotopic (exact) mass is 292 g/mol. The van der Waals surface area contributed by atoms with E-state index < -0.39 is 10.2 Å². The fourth-order valence-corrected chi connectivity index (χ4v) is 1.27. The second-order valence-electron chi connectivity index (χ2n) is 3.89. The molecule has 0 heterocycles. The van der Waals surface area contributed by atoms with Crippen molar-refractivity contribution >= 4 is 28.7 Å². The summed E-state index contributed by atoms with van der Waals surface area (Å²) in [4.78, 5) is 10.8. The molecule has 0 amide bonds. The van der Waals surface area contributed by atoms with E-state index in [9.17, 15) is 9.18 Å². The Morgan fingerprint density at radius 2 is 2.25 bits per heavy atom. The van der Waals surface area contributed by atoms with Crippen LogP contribution >= 0.6 is 0 Å². The second-order valence-corrected chi connectivity index (χ2v) is 6.56.